The van der Waals surface area contributed by atoms with Crippen LogP contribution in [-0.2, 0) is 4.79 Å². The highest BCUT2D eigenvalue weighted by molar-refractivity contribution is 7.99. The first kappa shape index (κ1) is 21.6. The van der Waals surface area contributed by atoms with E-state index in [0.29, 0.717) is 24.6 Å². The number of unbranched alkanes of at least 4 members (excludes halogenated alkanes) is 1. The highest BCUT2D eigenvalue weighted by atomic mass is 32.2. The van der Waals surface area contributed by atoms with E-state index in [0.717, 1.165) is 35.2 Å². The Hall–Kier alpha value is -1.71. The molecule has 1 N–H and O–H groups in total. The number of hydrogen-bond donors (Lipinski definition) is 1. The first-order valence-corrected chi connectivity index (χ1v) is 11.5. The molecule has 0 spiro atoms. The Kier molecular flexibility index (Phi) is 10.1. The number of ether oxygens (including phenoxy) is 1. The summed E-state index contributed by atoms with van der Waals surface area (Å²) < 4.78 is 6.72. The van der Waals surface area contributed by atoms with E-state index in [1.54, 1.807) is 0 Å². The molecule has 27 heavy (non-hydrogen) atoms. The molecule has 1 aliphatic heterocycles. The second-order valence-corrected chi connectivity index (χ2v) is 8.52. The first-order chi connectivity index (χ1) is 13.2. The van der Waals surface area contributed by atoms with Crippen LogP contribution in [0.25, 0.3) is 10.2 Å². The van der Waals surface area contributed by atoms with Gasteiger partial charge in [-0.05, 0) is 61.3 Å². The summed E-state index contributed by atoms with van der Waals surface area (Å²) >= 11 is 3.56. The summed E-state index contributed by atoms with van der Waals surface area (Å²) in [5, 5.41) is 3.58. The topological polar surface area (TPSA) is 51.2 Å². The summed E-state index contributed by atoms with van der Waals surface area (Å²) in [7, 11) is 0. The number of rotatable bonds is 8. The molecule has 0 atom stereocenters. The Bertz CT molecular complexity index is 741. The molecule has 6 heteroatoms. The van der Waals surface area contributed by atoms with Gasteiger partial charge in [0.2, 0.25) is 5.91 Å². The van der Waals surface area contributed by atoms with Crippen molar-refractivity contribution >= 4 is 39.2 Å². The van der Waals surface area contributed by atoms with Crippen molar-refractivity contribution < 1.29 is 9.53 Å². The van der Waals surface area contributed by atoms with Crippen molar-refractivity contribution in [2.45, 2.75) is 45.4 Å². The molecule has 2 heterocycles. The molecule has 146 valence electrons. The van der Waals surface area contributed by atoms with E-state index < -0.39 is 0 Å². The van der Waals surface area contributed by atoms with Crippen LogP contribution in [0.4, 0.5) is 0 Å². The van der Waals surface area contributed by atoms with Gasteiger partial charge in [-0.15, -0.1) is 17.8 Å². The standard InChI is InChI=1S/C17H20N2O2S.C4H8S/c1-3-5-7-16(20)18-10-6-11-21-13-8-9-14-15(12-13)22-17(4-2)19-14;1-2-4-5-3-1/h2,8-9,12H,3,5-7,10-11H2,1H3,(H,18,20);1-4H2. The van der Waals surface area contributed by atoms with Gasteiger partial charge in [-0.1, -0.05) is 13.3 Å². The number of thiazole rings is 1. The molecule has 3 rings (SSSR count). The minimum Gasteiger partial charge on any atom is -0.493 e. The van der Waals surface area contributed by atoms with Gasteiger partial charge in [0, 0.05) is 13.0 Å². The molecule has 2 aromatic rings. The van der Waals surface area contributed by atoms with Crippen LogP contribution in [0.15, 0.2) is 18.2 Å². The van der Waals surface area contributed by atoms with Crippen LogP contribution in [0.1, 0.15) is 50.5 Å². The average molecular weight is 405 g/mol. The number of fused-ring (bicyclic) bond motifs is 1. The largest absolute Gasteiger partial charge is 0.493 e. The minimum absolute atomic E-state index is 0.120. The molecule has 1 amide bonds. The lowest BCUT2D eigenvalue weighted by Gasteiger charge is -2.07. The lowest BCUT2D eigenvalue weighted by Crippen LogP contribution is -2.25. The van der Waals surface area contributed by atoms with E-state index >= 15 is 0 Å². The second kappa shape index (κ2) is 12.6. The van der Waals surface area contributed by atoms with Crippen molar-refractivity contribution in [3.05, 3.63) is 23.2 Å². The predicted molar refractivity (Wildman–Crippen MR) is 117 cm³/mol. The minimum atomic E-state index is 0.120. The quantitative estimate of drug-likeness (QED) is 0.504. The van der Waals surface area contributed by atoms with Crippen LogP contribution in [-0.4, -0.2) is 35.5 Å². The van der Waals surface area contributed by atoms with Gasteiger partial charge in [0.25, 0.3) is 0 Å². The SMILES string of the molecule is C#Cc1nc2ccc(OCCCNC(=O)CCCC)cc2s1.C1CCSC1. The van der Waals surface area contributed by atoms with Gasteiger partial charge < -0.3 is 10.1 Å². The fourth-order valence-electron chi connectivity index (χ4n) is 2.48. The number of thioether (sulfide) groups is 1. The zero-order chi connectivity index (χ0) is 19.3. The lowest BCUT2D eigenvalue weighted by atomic mass is 10.2. The van der Waals surface area contributed by atoms with E-state index in [1.165, 1.54) is 35.7 Å². The average Bonchev–Trinajstić information content (AvgIpc) is 3.38. The molecule has 1 aromatic carbocycles. The van der Waals surface area contributed by atoms with Gasteiger partial charge >= 0.3 is 0 Å². The van der Waals surface area contributed by atoms with E-state index in [2.05, 4.69) is 34.9 Å². The molecule has 0 unspecified atom stereocenters. The Morgan fingerprint density at radius 2 is 2.15 bits per heavy atom. The highest BCUT2D eigenvalue weighted by Gasteiger charge is 2.04. The zero-order valence-corrected chi connectivity index (χ0v) is 17.6. The van der Waals surface area contributed by atoms with Crippen molar-refractivity contribution in [1.29, 1.82) is 0 Å². The molecule has 0 radical (unpaired) electrons. The van der Waals surface area contributed by atoms with Crippen LogP contribution < -0.4 is 10.1 Å². The molecule has 4 nitrogen and oxygen atoms in total. The third-order valence-corrected chi connectivity index (χ3v) is 6.08. The highest BCUT2D eigenvalue weighted by Crippen LogP contribution is 2.26. The fourth-order valence-corrected chi connectivity index (χ4v) is 4.31. The molecule has 1 aromatic heterocycles. The number of nitrogens with zero attached hydrogens (tertiary/aromatic N) is 1. The van der Waals surface area contributed by atoms with Crippen LogP contribution in [0.2, 0.25) is 0 Å². The maximum absolute atomic E-state index is 11.4. The zero-order valence-electron chi connectivity index (χ0n) is 16.0. The Morgan fingerprint density at radius 3 is 2.81 bits per heavy atom. The number of nitrogens with one attached hydrogen (secondary N) is 1. The maximum atomic E-state index is 11.4. The molecule has 0 aliphatic carbocycles. The van der Waals surface area contributed by atoms with Crippen molar-refractivity contribution in [2.75, 3.05) is 24.7 Å². The van der Waals surface area contributed by atoms with E-state index in [9.17, 15) is 4.79 Å². The van der Waals surface area contributed by atoms with Gasteiger partial charge in [0.1, 0.15) is 5.75 Å². The van der Waals surface area contributed by atoms with Crippen LogP contribution in [0, 0.1) is 12.3 Å². The lowest BCUT2D eigenvalue weighted by molar-refractivity contribution is -0.121. The number of terminal acetylenes is 1. The van der Waals surface area contributed by atoms with Crippen molar-refractivity contribution in [3.63, 3.8) is 0 Å². The van der Waals surface area contributed by atoms with Crippen LogP contribution in [0.3, 0.4) is 0 Å². The van der Waals surface area contributed by atoms with Gasteiger partial charge in [-0.25, -0.2) is 4.98 Å². The molecular weight excluding hydrogens is 376 g/mol. The summed E-state index contributed by atoms with van der Waals surface area (Å²) in [4.78, 5) is 15.7. The smallest absolute Gasteiger partial charge is 0.219 e. The predicted octanol–water partition coefficient (Wildman–Crippen LogP) is 4.87. The third-order valence-electron chi connectivity index (χ3n) is 3.98. The number of amides is 1. The summed E-state index contributed by atoms with van der Waals surface area (Å²) in [6.07, 6.45) is 11.7. The summed E-state index contributed by atoms with van der Waals surface area (Å²) in [5.41, 5.74) is 0.897. The van der Waals surface area contributed by atoms with Gasteiger partial charge in [0.15, 0.2) is 5.01 Å². The number of carbonyl (C=O) groups is 1. The molecular formula is C21H28N2O2S2. The van der Waals surface area contributed by atoms with Crippen LogP contribution in [0.5, 0.6) is 5.75 Å². The Labute approximate surface area is 170 Å². The third kappa shape index (κ3) is 8.23. The monoisotopic (exact) mass is 404 g/mol. The van der Waals surface area contributed by atoms with Gasteiger partial charge in [0.05, 0.1) is 16.8 Å². The molecule has 1 saturated heterocycles. The first-order valence-electron chi connectivity index (χ1n) is 9.57. The fraction of sp³-hybridized carbons (Fsp3) is 0.524. The second-order valence-electron chi connectivity index (χ2n) is 6.27. The van der Waals surface area contributed by atoms with Gasteiger partial charge in [-0.2, -0.15) is 11.8 Å². The Balaban J connectivity index is 0.000000451. The normalized spacial score (nSPS) is 12.9. The molecule has 1 aliphatic rings. The number of benzene rings is 1. The van der Waals surface area contributed by atoms with Gasteiger partial charge in [-0.3, -0.25) is 4.79 Å². The summed E-state index contributed by atoms with van der Waals surface area (Å²) in [6, 6.07) is 5.75. The van der Waals surface area contributed by atoms with Crippen molar-refractivity contribution in [2.24, 2.45) is 0 Å². The number of hydrogen-bond acceptors (Lipinski definition) is 5. The Morgan fingerprint density at radius 1 is 1.33 bits per heavy atom. The summed E-state index contributed by atoms with van der Waals surface area (Å²) in [6.45, 7) is 3.29. The summed E-state index contributed by atoms with van der Waals surface area (Å²) in [5.74, 6) is 6.30. The van der Waals surface area contributed by atoms with Crippen LogP contribution >= 0.6 is 23.1 Å². The van der Waals surface area contributed by atoms with E-state index in [-0.39, 0.29) is 5.91 Å². The van der Waals surface area contributed by atoms with Crippen molar-refractivity contribution in [3.8, 4) is 18.1 Å². The maximum Gasteiger partial charge on any atom is 0.219 e. The number of carbonyl (C=O) groups excluding carboxylic acids is 1. The van der Waals surface area contributed by atoms with E-state index in [4.69, 9.17) is 11.2 Å². The molecule has 0 saturated carbocycles. The molecule has 1 fully saturated rings. The number of aromatic nitrogens is 1. The van der Waals surface area contributed by atoms with E-state index in [1.807, 2.05) is 18.2 Å². The molecule has 0 bridgehead atoms. The van der Waals surface area contributed by atoms with Crippen molar-refractivity contribution in [1.82, 2.24) is 10.3 Å².